The lowest BCUT2D eigenvalue weighted by atomic mass is 10.0. The fourth-order valence-electron chi connectivity index (χ4n) is 5.94. The van der Waals surface area contributed by atoms with E-state index >= 15 is 0 Å². The van der Waals surface area contributed by atoms with Gasteiger partial charge in [0, 0.05) is 49.8 Å². The van der Waals surface area contributed by atoms with E-state index in [2.05, 4.69) is 35.3 Å². The van der Waals surface area contributed by atoms with E-state index in [0.717, 1.165) is 71.3 Å². The van der Waals surface area contributed by atoms with Crippen molar-refractivity contribution in [3.8, 4) is 34.2 Å². The van der Waals surface area contributed by atoms with Gasteiger partial charge in [0.25, 0.3) is 0 Å². The fourth-order valence-corrected chi connectivity index (χ4v) is 5.94. The zero-order valence-corrected chi connectivity index (χ0v) is 22.2. The Morgan fingerprint density at radius 3 is 2.07 bits per heavy atom. The van der Waals surface area contributed by atoms with Crippen LogP contribution in [0, 0.1) is 0 Å². The molecule has 9 aromatic rings. The Morgan fingerprint density at radius 2 is 1.19 bits per heavy atom. The molecule has 0 saturated heterocycles. The zero-order chi connectivity index (χ0) is 27.6. The topological polar surface area (TPSA) is 77.8 Å². The van der Waals surface area contributed by atoms with Crippen LogP contribution in [0.15, 0.2) is 130 Å². The summed E-state index contributed by atoms with van der Waals surface area (Å²) in [6.07, 6.45) is 3.55. The molecule has 5 aromatic carbocycles. The van der Waals surface area contributed by atoms with E-state index in [4.69, 9.17) is 23.8 Å². The molecule has 0 saturated carbocycles. The molecule has 0 N–H and O–H groups in total. The molecule has 0 unspecified atom stereocenters. The summed E-state index contributed by atoms with van der Waals surface area (Å²) in [5.74, 6) is 1.74. The van der Waals surface area contributed by atoms with Crippen molar-refractivity contribution in [1.29, 1.82) is 0 Å². The van der Waals surface area contributed by atoms with Crippen LogP contribution in [0.2, 0.25) is 0 Å². The van der Waals surface area contributed by atoms with Gasteiger partial charge < -0.3 is 8.83 Å². The van der Waals surface area contributed by atoms with Crippen molar-refractivity contribution < 1.29 is 8.83 Å². The van der Waals surface area contributed by atoms with Crippen molar-refractivity contribution >= 4 is 54.6 Å². The second kappa shape index (κ2) is 8.81. The van der Waals surface area contributed by atoms with Crippen LogP contribution in [0.5, 0.6) is 0 Å². The molecular formula is C36H20N4O2. The Kier molecular flexibility index (Phi) is 4.80. The van der Waals surface area contributed by atoms with Gasteiger partial charge in [0.2, 0.25) is 0 Å². The highest BCUT2D eigenvalue weighted by atomic mass is 16.3. The first-order chi connectivity index (χ1) is 20.8. The summed E-state index contributed by atoms with van der Waals surface area (Å²) < 4.78 is 12.6. The molecule has 0 radical (unpaired) electrons. The van der Waals surface area contributed by atoms with Gasteiger partial charge in [-0.05, 0) is 29.7 Å². The predicted molar refractivity (Wildman–Crippen MR) is 166 cm³/mol. The monoisotopic (exact) mass is 540 g/mol. The van der Waals surface area contributed by atoms with Crippen molar-refractivity contribution in [2.24, 2.45) is 0 Å². The largest absolute Gasteiger partial charge is 0.456 e. The number of aromatic nitrogens is 4. The van der Waals surface area contributed by atoms with E-state index in [9.17, 15) is 0 Å². The molecule has 9 rings (SSSR count). The first kappa shape index (κ1) is 22.9. The summed E-state index contributed by atoms with van der Waals surface area (Å²) in [6.45, 7) is 0. The number of furan rings is 2. The lowest BCUT2D eigenvalue weighted by Gasteiger charge is -2.11. The molecule has 0 aliphatic carbocycles. The van der Waals surface area contributed by atoms with Gasteiger partial charge in [-0.2, -0.15) is 0 Å². The SMILES string of the molecule is c1ccc(-c2nc(-c3cccc4oc5ccccc5c34)nc(-c3cccc4ccc5c6ccncc6oc5c34)n2)cc1. The lowest BCUT2D eigenvalue weighted by molar-refractivity contribution is 0.669. The standard InChI is InChI=1S/C36H20N4O2/c1-2-8-22(9-3-1)34-38-35(40-36(39-34)27-13-7-15-29-32(27)25-11-4-5-14-28(25)41-29)26-12-6-10-21-16-17-24-23-18-19-37-20-30(23)42-33(24)31(21)26/h1-20H. The molecule has 0 fully saturated rings. The van der Waals surface area contributed by atoms with E-state index in [-0.39, 0.29) is 0 Å². The number of benzene rings is 5. The van der Waals surface area contributed by atoms with Crippen LogP contribution in [0.4, 0.5) is 0 Å². The Balaban J connectivity index is 1.38. The molecule has 0 aliphatic heterocycles. The molecule has 6 heteroatoms. The van der Waals surface area contributed by atoms with Crippen molar-refractivity contribution in [1.82, 2.24) is 19.9 Å². The first-order valence-electron chi connectivity index (χ1n) is 13.7. The van der Waals surface area contributed by atoms with Gasteiger partial charge >= 0.3 is 0 Å². The van der Waals surface area contributed by atoms with Gasteiger partial charge in [-0.3, -0.25) is 4.98 Å². The second-order valence-corrected chi connectivity index (χ2v) is 10.3. The second-order valence-electron chi connectivity index (χ2n) is 10.3. The van der Waals surface area contributed by atoms with Crippen LogP contribution in [-0.4, -0.2) is 19.9 Å². The van der Waals surface area contributed by atoms with Crippen LogP contribution >= 0.6 is 0 Å². The predicted octanol–water partition coefficient (Wildman–Crippen LogP) is 9.22. The molecular weight excluding hydrogens is 520 g/mol. The third-order valence-electron chi connectivity index (χ3n) is 7.84. The average molecular weight is 541 g/mol. The quantitative estimate of drug-likeness (QED) is 0.222. The zero-order valence-electron chi connectivity index (χ0n) is 22.2. The highest BCUT2D eigenvalue weighted by Gasteiger charge is 2.20. The molecule has 0 atom stereocenters. The van der Waals surface area contributed by atoms with E-state index in [1.165, 1.54) is 0 Å². The van der Waals surface area contributed by atoms with Crippen molar-refractivity contribution in [3.05, 3.63) is 122 Å². The first-order valence-corrected chi connectivity index (χ1v) is 13.7. The maximum atomic E-state index is 6.41. The summed E-state index contributed by atoms with van der Waals surface area (Å²) in [4.78, 5) is 19.5. The van der Waals surface area contributed by atoms with Crippen LogP contribution in [0.1, 0.15) is 0 Å². The average Bonchev–Trinajstić information content (AvgIpc) is 3.63. The Hall–Kier alpha value is -5.88. The third-order valence-corrected chi connectivity index (χ3v) is 7.84. The van der Waals surface area contributed by atoms with Crippen molar-refractivity contribution in [2.75, 3.05) is 0 Å². The number of para-hydroxylation sites is 1. The molecule has 196 valence electrons. The summed E-state index contributed by atoms with van der Waals surface area (Å²) in [5.41, 5.74) is 5.82. The van der Waals surface area contributed by atoms with Crippen LogP contribution in [0.25, 0.3) is 88.8 Å². The minimum Gasteiger partial charge on any atom is -0.456 e. The Morgan fingerprint density at radius 1 is 0.452 bits per heavy atom. The summed E-state index contributed by atoms with van der Waals surface area (Å²) in [6, 6.07) is 36.5. The minimum absolute atomic E-state index is 0.570. The number of nitrogens with zero attached hydrogens (tertiary/aromatic N) is 4. The van der Waals surface area contributed by atoms with Gasteiger partial charge in [0.1, 0.15) is 16.7 Å². The normalized spacial score (nSPS) is 11.8. The summed E-state index contributed by atoms with van der Waals surface area (Å²) in [5, 5.41) is 6.05. The van der Waals surface area contributed by atoms with Crippen LogP contribution < -0.4 is 0 Å². The minimum atomic E-state index is 0.570. The molecule has 0 spiro atoms. The van der Waals surface area contributed by atoms with Gasteiger partial charge in [-0.25, -0.2) is 15.0 Å². The fraction of sp³-hybridized carbons (Fsp3) is 0. The van der Waals surface area contributed by atoms with Crippen molar-refractivity contribution in [3.63, 3.8) is 0 Å². The number of fused-ring (bicyclic) bond motifs is 8. The highest BCUT2D eigenvalue weighted by molar-refractivity contribution is 6.18. The molecule has 0 aliphatic rings. The van der Waals surface area contributed by atoms with E-state index in [1.54, 1.807) is 12.4 Å². The number of hydrogen-bond acceptors (Lipinski definition) is 6. The molecule has 4 aromatic heterocycles. The van der Waals surface area contributed by atoms with Gasteiger partial charge in [-0.1, -0.05) is 84.9 Å². The van der Waals surface area contributed by atoms with Crippen molar-refractivity contribution in [2.45, 2.75) is 0 Å². The summed E-state index contributed by atoms with van der Waals surface area (Å²) >= 11 is 0. The maximum absolute atomic E-state index is 6.41. The molecule has 6 nitrogen and oxygen atoms in total. The number of hydrogen-bond donors (Lipinski definition) is 0. The lowest BCUT2D eigenvalue weighted by Crippen LogP contribution is -2.01. The number of rotatable bonds is 3. The van der Waals surface area contributed by atoms with Gasteiger partial charge in [-0.15, -0.1) is 0 Å². The molecule has 42 heavy (non-hydrogen) atoms. The molecule has 4 heterocycles. The molecule has 0 amide bonds. The van der Waals surface area contributed by atoms with Crippen LogP contribution in [-0.2, 0) is 0 Å². The van der Waals surface area contributed by atoms with Gasteiger partial charge in [0.05, 0.1) is 6.20 Å². The number of pyridine rings is 1. The van der Waals surface area contributed by atoms with Crippen LogP contribution in [0.3, 0.4) is 0 Å². The van der Waals surface area contributed by atoms with Gasteiger partial charge in [0.15, 0.2) is 23.1 Å². The maximum Gasteiger partial charge on any atom is 0.164 e. The smallest absolute Gasteiger partial charge is 0.164 e. The van der Waals surface area contributed by atoms with E-state index < -0.39 is 0 Å². The molecule has 0 bridgehead atoms. The van der Waals surface area contributed by atoms with E-state index in [0.29, 0.717) is 17.5 Å². The Bertz CT molecular complexity index is 2480. The summed E-state index contributed by atoms with van der Waals surface area (Å²) in [7, 11) is 0. The van der Waals surface area contributed by atoms with E-state index in [1.807, 2.05) is 78.9 Å². The highest BCUT2D eigenvalue weighted by Crippen LogP contribution is 2.40. The third kappa shape index (κ3) is 3.39. The Labute approximate surface area is 238 Å².